The van der Waals surface area contributed by atoms with E-state index in [4.69, 9.17) is 22.1 Å². The molecule has 1 aromatic rings. The molecule has 2 heterocycles. The lowest BCUT2D eigenvalue weighted by Crippen LogP contribution is -2.50. The maximum atomic E-state index is 6.74. The van der Waals surface area contributed by atoms with Gasteiger partial charge in [0.2, 0.25) is 0 Å². The topological polar surface area (TPSA) is 41.7 Å². The molecular weight excluding hydrogens is 370 g/mol. The Bertz CT molecular complexity index is 893. The molecule has 2 aliphatic heterocycles. The first-order chi connectivity index (χ1) is 13.3. The van der Waals surface area contributed by atoms with Gasteiger partial charge in [-0.2, -0.15) is 0 Å². The Balaban J connectivity index is 1.48. The van der Waals surface area contributed by atoms with E-state index < -0.39 is 0 Å². The molecule has 0 spiro atoms. The van der Waals surface area contributed by atoms with Gasteiger partial charge in [0.1, 0.15) is 11.5 Å². The minimum atomic E-state index is -0.0479. The summed E-state index contributed by atoms with van der Waals surface area (Å²) in [5.41, 5.74) is 12.6. The molecule has 0 radical (unpaired) electrons. The number of allylic oxidation sites excluding steroid dienone is 5. The number of nitrogens with two attached hydrogens (primary N) is 1. The van der Waals surface area contributed by atoms with Crippen LogP contribution in [0.5, 0.6) is 0 Å². The Morgan fingerprint density at radius 1 is 1.07 bits per heavy atom. The Morgan fingerprint density at radius 3 is 2.43 bits per heavy atom. The van der Waals surface area contributed by atoms with Crippen molar-refractivity contribution in [1.29, 1.82) is 0 Å². The lowest BCUT2D eigenvalue weighted by molar-refractivity contribution is 0.182. The van der Waals surface area contributed by atoms with Crippen LogP contribution in [-0.2, 0) is 4.74 Å². The van der Waals surface area contributed by atoms with E-state index >= 15 is 0 Å². The molecule has 2 N–H and O–H groups in total. The quantitative estimate of drug-likeness (QED) is 0.801. The fraction of sp³-hybridized carbons (Fsp3) is 0.478. The van der Waals surface area contributed by atoms with E-state index in [1.54, 1.807) is 0 Å². The van der Waals surface area contributed by atoms with Crippen molar-refractivity contribution >= 4 is 17.3 Å². The van der Waals surface area contributed by atoms with Crippen LogP contribution in [0.15, 0.2) is 58.2 Å². The summed E-state index contributed by atoms with van der Waals surface area (Å²) in [7, 11) is 0. The van der Waals surface area contributed by atoms with E-state index in [0.717, 1.165) is 67.1 Å². The second-order valence-electron chi connectivity index (χ2n) is 8.56. The smallest absolute Gasteiger partial charge is 0.104 e. The number of para-hydroxylation sites is 1. The third kappa shape index (κ3) is 3.23. The highest BCUT2D eigenvalue weighted by Crippen LogP contribution is 2.50. The van der Waals surface area contributed by atoms with Gasteiger partial charge in [0.15, 0.2) is 0 Å². The molecule has 1 aliphatic carbocycles. The molecule has 1 unspecified atom stereocenters. The summed E-state index contributed by atoms with van der Waals surface area (Å²) >= 11 is 6.38. The van der Waals surface area contributed by atoms with Crippen molar-refractivity contribution in [2.75, 3.05) is 37.6 Å². The summed E-state index contributed by atoms with van der Waals surface area (Å²) in [6.07, 6.45) is 0.954. The highest BCUT2D eigenvalue weighted by atomic mass is 35.5. The van der Waals surface area contributed by atoms with E-state index in [2.05, 4.69) is 42.7 Å². The van der Waals surface area contributed by atoms with Gasteiger partial charge < -0.3 is 15.4 Å². The Hall–Kier alpha value is -1.91. The van der Waals surface area contributed by atoms with Crippen LogP contribution in [-0.4, -0.2) is 37.6 Å². The average molecular weight is 400 g/mol. The number of nitrogens with zero attached hydrogens (tertiary/aromatic N) is 2. The van der Waals surface area contributed by atoms with Crippen molar-refractivity contribution in [3.05, 3.63) is 63.2 Å². The van der Waals surface area contributed by atoms with Crippen LogP contribution in [0.25, 0.3) is 0 Å². The van der Waals surface area contributed by atoms with Crippen molar-refractivity contribution in [2.45, 2.75) is 34.1 Å². The van der Waals surface area contributed by atoms with Crippen LogP contribution >= 0.6 is 11.6 Å². The van der Waals surface area contributed by atoms with Gasteiger partial charge in [-0.25, -0.2) is 0 Å². The number of ether oxygens (including phenoxy) is 1. The maximum absolute atomic E-state index is 6.74. The Kier molecular flexibility index (Phi) is 4.96. The summed E-state index contributed by atoms with van der Waals surface area (Å²) in [5.74, 6) is 1.98. The molecule has 4 rings (SSSR count). The average Bonchev–Trinajstić information content (AvgIpc) is 2.93. The molecule has 1 aromatic carbocycles. The zero-order chi connectivity index (χ0) is 20.1. The number of rotatable bonds is 3. The molecule has 4 nitrogen and oxygen atoms in total. The fourth-order valence-corrected chi connectivity index (χ4v) is 5.06. The lowest BCUT2D eigenvalue weighted by atomic mass is 9.85. The number of hydrogen-bond donors (Lipinski definition) is 1. The summed E-state index contributed by atoms with van der Waals surface area (Å²) in [5, 5.41) is 0.830. The molecule has 5 heteroatoms. The molecule has 3 aliphatic rings. The third-order valence-corrected chi connectivity index (χ3v) is 6.88. The minimum Gasteiger partial charge on any atom is -0.466 e. The number of fused-ring (bicyclic) bond motifs is 1. The molecule has 0 saturated carbocycles. The number of benzene rings is 1. The molecular formula is C23H30ClN3O. The van der Waals surface area contributed by atoms with Crippen LogP contribution in [0.1, 0.15) is 34.1 Å². The largest absolute Gasteiger partial charge is 0.466 e. The highest BCUT2D eigenvalue weighted by Gasteiger charge is 2.43. The van der Waals surface area contributed by atoms with Gasteiger partial charge in [0, 0.05) is 55.0 Å². The molecule has 0 aromatic heterocycles. The van der Waals surface area contributed by atoms with Gasteiger partial charge in [-0.15, -0.1) is 0 Å². The first kappa shape index (κ1) is 19.4. The first-order valence-electron chi connectivity index (χ1n) is 10.1. The number of piperazine rings is 1. The van der Waals surface area contributed by atoms with Gasteiger partial charge in [0.05, 0.1) is 10.7 Å². The predicted octanol–water partition coefficient (Wildman–Crippen LogP) is 4.68. The molecule has 28 heavy (non-hydrogen) atoms. The minimum absolute atomic E-state index is 0.0479. The van der Waals surface area contributed by atoms with Crippen molar-refractivity contribution in [3.8, 4) is 0 Å². The SMILES string of the molecule is CC1=C(C)C2=C(N)C(C)(CN3CCN(c4ccccc4Cl)CC3)CC2=C(C)O1. The van der Waals surface area contributed by atoms with Crippen LogP contribution in [0.4, 0.5) is 5.69 Å². The fourth-order valence-electron chi connectivity index (χ4n) is 4.80. The highest BCUT2D eigenvalue weighted by molar-refractivity contribution is 6.33. The monoisotopic (exact) mass is 399 g/mol. The van der Waals surface area contributed by atoms with Crippen LogP contribution < -0.4 is 10.6 Å². The van der Waals surface area contributed by atoms with E-state index in [0.29, 0.717) is 0 Å². The van der Waals surface area contributed by atoms with Crippen molar-refractivity contribution in [1.82, 2.24) is 4.90 Å². The van der Waals surface area contributed by atoms with E-state index in [-0.39, 0.29) is 5.41 Å². The van der Waals surface area contributed by atoms with Crippen LogP contribution in [0.2, 0.25) is 5.02 Å². The standard InChI is InChI=1S/C23H30ClN3O/c1-15-16(2)28-17(3)18-13-23(4,22(25)21(15)18)14-26-9-11-27(12-10-26)20-8-6-5-7-19(20)24/h5-8H,9-14,25H2,1-4H3. The normalized spacial score (nSPS) is 26.1. The number of hydrogen-bond acceptors (Lipinski definition) is 4. The second kappa shape index (κ2) is 7.16. The van der Waals surface area contributed by atoms with E-state index in [9.17, 15) is 0 Å². The molecule has 0 amide bonds. The van der Waals surface area contributed by atoms with Gasteiger partial charge >= 0.3 is 0 Å². The lowest BCUT2D eigenvalue weighted by Gasteiger charge is -2.40. The van der Waals surface area contributed by atoms with Gasteiger partial charge in [-0.05, 0) is 44.9 Å². The summed E-state index contributed by atoms with van der Waals surface area (Å²) < 4.78 is 5.95. The number of halogens is 1. The third-order valence-electron chi connectivity index (χ3n) is 6.56. The van der Waals surface area contributed by atoms with Gasteiger partial charge in [0.25, 0.3) is 0 Å². The summed E-state index contributed by atoms with van der Waals surface area (Å²) in [6.45, 7) is 13.5. The Morgan fingerprint density at radius 2 is 1.75 bits per heavy atom. The van der Waals surface area contributed by atoms with E-state index in [1.807, 2.05) is 19.1 Å². The zero-order valence-corrected chi connectivity index (χ0v) is 18.1. The molecule has 1 saturated heterocycles. The molecule has 150 valence electrons. The zero-order valence-electron chi connectivity index (χ0n) is 17.3. The Labute approximate surface area is 173 Å². The molecule has 1 atom stereocenters. The van der Waals surface area contributed by atoms with E-state index in [1.165, 1.54) is 16.7 Å². The van der Waals surface area contributed by atoms with Crippen molar-refractivity contribution in [2.24, 2.45) is 11.1 Å². The number of anilines is 1. The van der Waals surface area contributed by atoms with Gasteiger partial charge in [-0.3, -0.25) is 4.90 Å². The molecule has 1 fully saturated rings. The molecule has 0 bridgehead atoms. The summed E-state index contributed by atoms with van der Waals surface area (Å²) in [4.78, 5) is 4.93. The maximum Gasteiger partial charge on any atom is 0.104 e. The predicted molar refractivity (Wildman–Crippen MR) is 116 cm³/mol. The van der Waals surface area contributed by atoms with Crippen molar-refractivity contribution in [3.63, 3.8) is 0 Å². The van der Waals surface area contributed by atoms with Crippen LogP contribution in [0.3, 0.4) is 0 Å². The second-order valence-corrected chi connectivity index (χ2v) is 8.97. The first-order valence-corrected chi connectivity index (χ1v) is 10.5. The summed E-state index contributed by atoms with van der Waals surface area (Å²) in [6, 6.07) is 8.11. The van der Waals surface area contributed by atoms with Crippen molar-refractivity contribution < 1.29 is 4.74 Å². The van der Waals surface area contributed by atoms with Gasteiger partial charge in [-0.1, -0.05) is 30.7 Å². The van der Waals surface area contributed by atoms with Crippen LogP contribution in [0, 0.1) is 5.41 Å².